The number of hydrogen-bond acceptors (Lipinski definition) is 3. The van der Waals surface area contributed by atoms with Crippen LogP contribution in [0, 0.1) is 5.82 Å². The number of methoxy groups -OCH3 is 1. The lowest BCUT2D eigenvalue weighted by Gasteiger charge is -2.13. The van der Waals surface area contributed by atoms with Crippen molar-refractivity contribution in [1.29, 1.82) is 0 Å². The van der Waals surface area contributed by atoms with Crippen LogP contribution in [0.1, 0.15) is 0 Å². The van der Waals surface area contributed by atoms with Gasteiger partial charge < -0.3 is 14.5 Å². The molecule has 0 aliphatic rings. The summed E-state index contributed by atoms with van der Waals surface area (Å²) in [4.78, 5) is 25.3. The summed E-state index contributed by atoms with van der Waals surface area (Å²) in [7, 11) is 1.54. The number of nitrogens with zero attached hydrogens (tertiary/aromatic N) is 2. The van der Waals surface area contributed by atoms with Gasteiger partial charge in [-0.15, -0.1) is 0 Å². The fourth-order valence-electron chi connectivity index (χ4n) is 3.13. The second kappa shape index (κ2) is 6.60. The molecule has 0 radical (unpaired) electrons. The molecule has 2 aromatic carbocycles. The fraction of sp³-hybridized carbons (Fsp3) is 0.100. The first-order valence-corrected chi connectivity index (χ1v) is 8.30. The van der Waals surface area contributed by atoms with Crippen LogP contribution in [0.2, 0.25) is 0 Å². The molecule has 2 heterocycles. The lowest BCUT2D eigenvalue weighted by molar-refractivity contribution is -0.116. The van der Waals surface area contributed by atoms with E-state index in [2.05, 4.69) is 5.32 Å². The Morgan fingerprint density at radius 3 is 2.74 bits per heavy atom. The number of ether oxygens (including phenoxy) is 1. The fourth-order valence-corrected chi connectivity index (χ4v) is 3.13. The van der Waals surface area contributed by atoms with E-state index in [-0.39, 0.29) is 12.1 Å². The highest BCUT2D eigenvalue weighted by atomic mass is 19.1. The van der Waals surface area contributed by atoms with Crippen molar-refractivity contribution in [1.82, 2.24) is 8.97 Å². The zero-order valence-electron chi connectivity index (χ0n) is 14.5. The molecule has 4 rings (SSSR count). The third-order valence-electron chi connectivity index (χ3n) is 4.36. The van der Waals surface area contributed by atoms with E-state index in [0.717, 1.165) is 0 Å². The Hall–Kier alpha value is -3.61. The molecule has 7 heteroatoms. The predicted molar refractivity (Wildman–Crippen MR) is 101 cm³/mol. The van der Waals surface area contributed by atoms with E-state index in [0.29, 0.717) is 28.0 Å². The summed E-state index contributed by atoms with van der Waals surface area (Å²) < 4.78 is 21.9. The molecule has 0 aliphatic carbocycles. The average Bonchev–Trinajstić information content (AvgIpc) is 3.15. The Morgan fingerprint density at radius 2 is 1.93 bits per heavy atom. The minimum Gasteiger partial charge on any atom is -0.497 e. The molecule has 1 amide bonds. The van der Waals surface area contributed by atoms with Crippen molar-refractivity contribution in [2.75, 3.05) is 12.4 Å². The van der Waals surface area contributed by atoms with Gasteiger partial charge in [0.1, 0.15) is 23.6 Å². The molecule has 0 bridgehead atoms. The number of hydrogen-bond donors (Lipinski definition) is 1. The molecule has 6 nitrogen and oxygen atoms in total. The highest BCUT2D eigenvalue weighted by Gasteiger charge is 2.14. The zero-order valence-corrected chi connectivity index (χ0v) is 14.5. The van der Waals surface area contributed by atoms with Gasteiger partial charge in [0, 0.05) is 18.0 Å². The summed E-state index contributed by atoms with van der Waals surface area (Å²) in [6.07, 6.45) is 1.73. The molecule has 0 aliphatic heterocycles. The van der Waals surface area contributed by atoms with Gasteiger partial charge >= 0.3 is 0 Å². The van der Waals surface area contributed by atoms with Crippen LogP contribution in [-0.4, -0.2) is 22.0 Å². The number of carbonyl (C=O) groups is 1. The van der Waals surface area contributed by atoms with Crippen LogP contribution in [0.15, 0.2) is 65.6 Å². The maximum Gasteiger partial charge on any atom is 0.275 e. The van der Waals surface area contributed by atoms with Crippen molar-refractivity contribution in [3.63, 3.8) is 0 Å². The summed E-state index contributed by atoms with van der Waals surface area (Å²) >= 11 is 0. The van der Waals surface area contributed by atoms with Gasteiger partial charge in [-0.2, -0.15) is 0 Å². The first-order valence-electron chi connectivity index (χ1n) is 8.30. The van der Waals surface area contributed by atoms with Crippen molar-refractivity contribution in [3.8, 4) is 5.75 Å². The van der Waals surface area contributed by atoms with Crippen LogP contribution in [0.25, 0.3) is 16.6 Å². The van der Waals surface area contributed by atoms with E-state index in [1.54, 1.807) is 53.1 Å². The van der Waals surface area contributed by atoms with Crippen molar-refractivity contribution in [2.24, 2.45) is 0 Å². The zero-order chi connectivity index (χ0) is 19.0. The van der Waals surface area contributed by atoms with E-state index in [1.807, 2.05) is 0 Å². The van der Waals surface area contributed by atoms with Gasteiger partial charge in [0.05, 0.1) is 18.1 Å². The second-order valence-electron chi connectivity index (χ2n) is 6.07. The van der Waals surface area contributed by atoms with Crippen LogP contribution in [0.5, 0.6) is 5.75 Å². The molecule has 0 saturated carbocycles. The van der Waals surface area contributed by atoms with E-state index < -0.39 is 11.7 Å². The van der Waals surface area contributed by atoms with Gasteiger partial charge in [-0.25, -0.2) is 4.39 Å². The second-order valence-corrected chi connectivity index (χ2v) is 6.07. The largest absolute Gasteiger partial charge is 0.497 e. The molecule has 2 aromatic heterocycles. The van der Waals surface area contributed by atoms with Crippen molar-refractivity contribution in [3.05, 3.63) is 77.0 Å². The Bertz CT molecular complexity index is 1230. The van der Waals surface area contributed by atoms with Gasteiger partial charge in [0.15, 0.2) is 0 Å². The third-order valence-corrected chi connectivity index (χ3v) is 4.36. The summed E-state index contributed by atoms with van der Waals surface area (Å²) in [6.45, 7) is -0.238. The molecule has 0 saturated heterocycles. The van der Waals surface area contributed by atoms with Crippen LogP contribution < -0.4 is 15.6 Å². The molecule has 27 heavy (non-hydrogen) atoms. The van der Waals surface area contributed by atoms with Crippen LogP contribution >= 0.6 is 0 Å². The minimum absolute atomic E-state index is 0.238. The molecular formula is C20H16FN3O3. The third kappa shape index (κ3) is 3.03. The maximum absolute atomic E-state index is 13.8. The number of fused-ring (bicyclic) bond motifs is 3. The Balaban J connectivity index is 1.75. The van der Waals surface area contributed by atoms with Gasteiger partial charge in [-0.3, -0.25) is 14.2 Å². The summed E-state index contributed by atoms with van der Waals surface area (Å²) in [5.74, 6) is -0.269. The van der Waals surface area contributed by atoms with Gasteiger partial charge in [0.2, 0.25) is 5.91 Å². The topological polar surface area (TPSA) is 64.7 Å². The lowest BCUT2D eigenvalue weighted by atomic mass is 10.2. The minimum atomic E-state index is -0.477. The number of halogens is 1. The average molecular weight is 365 g/mol. The number of nitrogens with one attached hydrogen (secondary N) is 1. The number of rotatable bonds is 4. The van der Waals surface area contributed by atoms with Gasteiger partial charge in [-0.05, 0) is 42.5 Å². The smallest absolute Gasteiger partial charge is 0.275 e. The molecule has 0 fully saturated rings. The normalized spacial score (nSPS) is 11.0. The van der Waals surface area contributed by atoms with E-state index in [4.69, 9.17) is 4.74 Å². The predicted octanol–water partition coefficient (Wildman–Crippen LogP) is 3.04. The summed E-state index contributed by atoms with van der Waals surface area (Å²) in [5, 5.41) is 2.73. The Labute approximate surface area is 153 Å². The summed E-state index contributed by atoms with van der Waals surface area (Å²) in [6, 6.07) is 14.5. The molecule has 1 N–H and O–H groups in total. The molecule has 0 unspecified atom stereocenters. The van der Waals surface area contributed by atoms with E-state index in [9.17, 15) is 14.0 Å². The highest BCUT2D eigenvalue weighted by molar-refractivity contribution is 5.92. The monoisotopic (exact) mass is 365 g/mol. The first kappa shape index (κ1) is 16.8. The summed E-state index contributed by atoms with van der Waals surface area (Å²) in [5.41, 5.74) is 1.60. The quantitative estimate of drug-likeness (QED) is 0.605. The molecule has 4 aromatic rings. The van der Waals surface area contributed by atoms with Crippen molar-refractivity contribution >= 4 is 28.1 Å². The SMILES string of the molecule is COc1cccc(NC(=O)Cn2c(=O)c3cccn3c3ccc(F)cc32)c1. The van der Waals surface area contributed by atoms with Crippen molar-refractivity contribution in [2.45, 2.75) is 6.54 Å². The van der Waals surface area contributed by atoms with E-state index in [1.165, 1.54) is 23.8 Å². The maximum atomic E-state index is 13.8. The molecule has 136 valence electrons. The number of aromatic nitrogens is 2. The Morgan fingerprint density at radius 1 is 1.07 bits per heavy atom. The highest BCUT2D eigenvalue weighted by Crippen LogP contribution is 2.18. The van der Waals surface area contributed by atoms with Crippen LogP contribution in [0.3, 0.4) is 0 Å². The Kier molecular flexibility index (Phi) is 4.12. The number of amides is 1. The molecular weight excluding hydrogens is 349 g/mol. The molecule has 0 atom stereocenters. The standard InChI is InChI=1S/C20H16FN3O3/c1-27-15-5-2-4-14(11-15)22-19(25)12-24-18-10-13(21)7-8-16(18)23-9-3-6-17(23)20(24)26/h2-11H,12H2,1H3,(H,22,25). The molecule has 0 spiro atoms. The van der Waals surface area contributed by atoms with Crippen molar-refractivity contribution < 1.29 is 13.9 Å². The van der Waals surface area contributed by atoms with Crippen LogP contribution in [0.4, 0.5) is 10.1 Å². The number of benzene rings is 2. The van der Waals surface area contributed by atoms with Gasteiger partial charge in [0.25, 0.3) is 5.56 Å². The van der Waals surface area contributed by atoms with Gasteiger partial charge in [-0.1, -0.05) is 6.07 Å². The first-order chi connectivity index (χ1) is 13.1. The van der Waals surface area contributed by atoms with E-state index >= 15 is 0 Å². The lowest BCUT2D eigenvalue weighted by Crippen LogP contribution is -2.29. The number of anilines is 1. The number of carbonyl (C=O) groups excluding carboxylic acids is 1. The van der Waals surface area contributed by atoms with Crippen LogP contribution in [-0.2, 0) is 11.3 Å².